The third-order valence-electron chi connectivity index (χ3n) is 3.91. The number of carbonyl (C=O) groups excluding carboxylic acids is 1. The summed E-state index contributed by atoms with van der Waals surface area (Å²) >= 11 is 11.9. The van der Waals surface area contributed by atoms with Crippen LogP contribution in [0.1, 0.15) is 18.5 Å². The van der Waals surface area contributed by atoms with Crippen molar-refractivity contribution in [2.24, 2.45) is 0 Å². The molecule has 0 aliphatic carbocycles. The summed E-state index contributed by atoms with van der Waals surface area (Å²) in [6, 6.07) is 12.1. The standard InChI is InChI=1S/C18H19Cl2NO3S/c1-12(13-4-7-15(8-5-13)25(3)23)21(2)18(22)11-24-17-9-6-14(19)10-16(17)20/h4-10,12H,11H2,1-3H3/t12-,25+/m0/s1. The molecular formula is C18H19Cl2NO3S. The molecule has 0 aromatic heterocycles. The molecule has 0 unspecified atom stereocenters. The first-order valence-corrected chi connectivity index (χ1v) is 9.88. The predicted octanol–water partition coefficient (Wildman–Crippen LogP) is 4.33. The van der Waals surface area contributed by atoms with Gasteiger partial charge in [-0.1, -0.05) is 35.3 Å². The van der Waals surface area contributed by atoms with Gasteiger partial charge in [-0.2, -0.15) is 0 Å². The molecule has 134 valence electrons. The minimum atomic E-state index is -1.02. The Balaban J connectivity index is 1.99. The van der Waals surface area contributed by atoms with Crippen LogP contribution in [0, 0.1) is 0 Å². The second-order valence-corrected chi connectivity index (χ2v) is 7.79. The van der Waals surface area contributed by atoms with Crippen molar-refractivity contribution in [2.75, 3.05) is 19.9 Å². The van der Waals surface area contributed by atoms with Crippen molar-refractivity contribution in [2.45, 2.75) is 17.9 Å². The summed E-state index contributed by atoms with van der Waals surface area (Å²) in [5.74, 6) is 0.233. The topological polar surface area (TPSA) is 46.6 Å². The van der Waals surface area contributed by atoms with Gasteiger partial charge in [0.15, 0.2) is 6.61 Å². The highest BCUT2D eigenvalue weighted by molar-refractivity contribution is 7.84. The van der Waals surface area contributed by atoms with Crippen LogP contribution in [0.2, 0.25) is 10.0 Å². The Hall–Kier alpha value is -1.56. The van der Waals surface area contributed by atoms with Gasteiger partial charge in [0.25, 0.3) is 5.91 Å². The lowest BCUT2D eigenvalue weighted by atomic mass is 10.1. The normalized spacial score (nSPS) is 13.2. The number of rotatable bonds is 6. The summed E-state index contributed by atoms with van der Waals surface area (Å²) in [5, 5.41) is 0.866. The second kappa shape index (κ2) is 8.70. The molecule has 2 aromatic rings. The monoisotopic (exact) mass is 399 g/mol. The van der Waals surface area contributed by atoms with E-state index in [1.54, 1.807) is 36.4 Å². The van der Waals surface area contributed by atoms with Crippen molar-refractivity contribution in [1.82, 2.24) is 4.90 Å². The zero-order valence-electron chi connectivity index (χ0n) is 14.2. The van der Waals surface area contributed by atoms with Gasteiger partial charge in [0.2, 0.25) is 0 Å². The largest absolute Gasteiger partial charge is 0.482 e. The molecule has 0 spiro atoms. The van der Waals surface area contributed by atoms with Crippen molar-refractivity contribution in [1.29, 1.82) is 0 Å². The van der Waals surface area contributed by atoms with Crippen LogP contribution in [-0.2, 0) is 15.6 Å². The van der Waals surface area contributed by atoms with E-state index in [1.165, 1.54) is 0 Å². The maximum atomic E-state index is 12.4. The fourth-order valence-corrected chi connectivity index (χ4v) is 3.19. The van der Waals surface area contributed by atoms with E-state index in [2.05, 4.69) is 0 Å². The number of carbonyl (C=O) groups is 1. The third kappa shape index (κ3) is 5.21. The van der Waals surface area contributed by atoms with Crippen molar-refractivity contribution >= 4 is 39.9 Å². The van der Waals surface area contributed by atoms with Crippen molar-refractivity contribution in [3.63, 3.8) is 0 Å². The fourth-order valence-electron chi connectivity index (χ4n) is 2.21. The Labute approximate surface area is 160 Å². The molecule has 0 aliphatic rings. The van der Waals surface area contributed by atoms with Crippen molar-refractivity contribution in [3.8, 4) is 5.75 Å². The lowest BCUT2D eigenvalue weighted by Crippen LogP contribution is -2.33. The van der Waals surface area contributed by atoms with E-state index in [9.17, 15) is 9.00 Å². The molecule has 0 fully saturated rings. The van der Waals surface area contributed by atoms with Gasteiger partial charge in [-0.3, -0.25) is 9.00 Å². The van der Waals surface area contributed by atoms with Crippen LogP contribution < -0.4 is 4.74 Å². The molecule has 4 nitrogen and oxygen atoms in total. The van der Waals surface area contributed by atoms with Crippen molar-refractivity contribution < 1.29 is 13.7 Å². The van der Waals surface area contributed by atoms with Gasteiger partial charge in [0, 0.05) is 34.0 Å². The van der Waals surface area contributed by atoms with Crippen LogP contribution in [0.4, 0.5) is 0 Å². The second-order valence-electron chi connectivity index (χ2n) is 5.57. The van der Waals surface area contributed by atoms with Gasteiger partial charge in [0.05, 0.1) is 11.1 Å². The highest BCUT2D eigenvalue weighted by atomic mass is 35.5. The number of ether oxygens (including phenoxy) is 1. The van der Waals surface area contributed by atoms with Gasteiger partial charge in [-0.25, -0.2) is 0 Å². The maximum Gasteiger partial charge on any atom is 0.260 e. The minimum Gasteiger partial charge on any atom is -0.482 e. The Morgan fingerprint density at radius 3 is 2.40 bits per heavy atom. The molecule has 0 N–H and O–H groups in total. The van der Waals surface area contributed by atoms with Crippen LogP contribution in [0.3, 0.4) is 0 Å². The zero-order valence-corrected chi connectivity index (χ0v) is 16.5. The summed E-state index contributed by atoms with van der Waals surface area (Å²) < 4.78 is 16.9. The Morgan fingerprint density at radius 2 is 1.84 bits per heavy atom. The van der Waals surface area contributed by atoms with Crippen molar-refractivity contribution in [3.05, 3.63) is 58.1 Å². The lowest BCUT2D eigenvalue weighted by molar-refractivity contribution is -0.134. The zero-order chi connectivity index (χ0) is 18.6. The van der Waals surface area contributed by atoms with Gasteiger partial charge in [-0.05, 0) is 42.8 Å². The molecule has 0 saturated heterocycles. The summed E-state index contributed by atoms with van der Waals surface area (Å²) in [4.78, 5) is 14.7. The molecule has 0 radical (unpaired) electrons. The number of halogens is 2. The van der Waals surface area contributed by atoms with Gasteiger partial charge in [0.1, 0.15) is 5.75 Å². The number of hydrogen-bond acceptors (Lipinski definition) is 3. The SMILES string of the molecule is C[C@@H](c1ccc([S@@](C)=O)cc1)N(C)C(=O)COc1ccc(Cl)cc1Cl. The molecule has 1 amide bonds. The van der Waals surface area contributed by atoms with E-state index in [4.69, 9.17) is 27.9 Å². The van der Waals surface area contributed by atoms with Gasteiger partial charge < -0.3 is 9.64 Å². The number of hydrogen-bond donors (Lipinski definition) is 0. The fraction of sp³-hybridized carbons (Fsp3) is 0.278. The summed E-state index contributed by atoms with van der Waals surface area (Å²) in [6.07, 6.45) is 1.63. The number of nitrogens with zero attached hydrogens (tertiary/aromatic N) is 1. The smallest absolute Gasteiger partial charge is 0.260 e. The Kier molecular flexibility index (Phi) is 6.87. The molecule has 0 aliphatic heterocycles. The van der Waals surface area contributed by atoms with Crippen LogP contribution in [-0.4, -0.2) is 34.9 Å². The quantitative estimate of drug-likeness (QED) is 0.725. The van der Waals surface area contributed by atoms with Gasteiger partial charge in [-0.15, -0.1) is 0 Å². The number of likely N-dealkylation sites (N-methyl/N-ethyl adjacent to an activating group) is 1. The number of benzene rings is 2. The van der Waals surface area contributed by atoms with E-state index in [0.717, 1.165) is 10.5 Å². The summed E-state index contributed by atoms with van der Waals surface area (Å²) in [5.41, 5.74) is 0.953. The lowest BCUT2D eigenvalue weighted by Gasteiger charge is -2.25. The van der Waals surface area contributed by atoms with E-state index in [-0.39, 0.29) is 18.6 Å². The molecule has 2 rings (SSSR count). The van der Waals surface area contributed by atoms with Crippen LogP contribution in [0.15, 0.2) is 47.4 Å². The van der Waals surface area contributed by atoms with E-state index in [0.29, 0.717) is 15.8 Å². The first kappa shape index (κ1) is 19.8. The Bertz CT molecular complexity index is 780. The van der Waals surface area contributed by atoms with Crippen LogP contribution >= 0.6 is 23.2 Å². The highest BCUT2D eigenvalue weighted by Crippen LogP contribution is 2.27. The van der Waals surface area contributed by atoms with E-state index >= 15 is 0 Å². The molecule has 0 saturated carbocycles. The van der Waals surface area contributed by atoms with Gasteiger partial charge >= 0.3 is 0 Å². The Morgan fingerprint density at radius 1 is 1.20 bits per heavy atom. The first-order chi connectivity index (χ1) is 11.8. The molecule has 2 atom stereocenters. The van der Waals surface area contributed by atoms with E-state index < -0.39 is 10.8 Å². The summed E-state index contributed by atoms with van der Waals surface area (Å²) in [6.45, 7) is 1.80. The molecular weight excluding hydrogens is 381 g/mol. The molecule has 0 bridgehead atoms. The minimum absolute atomic E-state index is 0.126. The third-order valence-corrected chi connectivity index (χ3v) is 5.38. The van der Waals surface area contributed by atoms with Crippen LogP contribution in [0.25, 0.3) is 0 Å². The molecule has 0 heterocycles. The van der Waals surface area contributed by atoms with E-state index in [1.807, 2.05) is 31.2 Å². The molecule has 7 heteroatoms. The first-order valence-electron chi connectivity index (χ1n) is 7.56. The summed E-state index contributed by atoms with van der Waals surface area (Å²) in [7, 11) is 0.693. The number of amides is 1. The molecule has 25 heavy (non-hydrogen) atoms. The predicted molar refractivity (Wildman–Crippen MR) is 102 cm³/mol. The maximum absolute atomic E-state index is 12.4. The van der Waals surface area contributed by atoms with Crippen LogP contribution in [0.5, 0.6) is 5.75 Å². The average molecular weight is 400 g/mol. The average Bonchev–Trinajstić information content (AvgIpc) is 2.59. The molecule has 2 aromatic carbocycles. The highest BCUT2D eigenvalue weighted by Gasteiger charge is 2.18.